The van der Waals surface area contributed by atoms with Gasteiger partial charge in [-0.25, -0.2) is 4.39 Å². The Balaban J connectivity index is 0.00000338. The van der Waals surface area contributed by atoms with E-state index in [4.69, 9.17) is 4.99 Å². The van der Waals surface area contributed by atoms with Crippen molar-refractivity contribution in [3.05, 3.63) is 35.6 Å². The highest BCUT2D eigenvalue weighted by atomic mass is 127. The number of hydrogen-bond acceptors (Lipinski definition) is 2. The maximum Gasteiger partial charge on any atom is 0.191 e. The molecule has 1 heterocycles. The highest BCUT2D eigenvalue weighted by molar-refractivity contribution is 14.0. The Kier molecular flexibility index (Phi) is 11.8. The van der Waals surface area contributed by atoms with Crippen molar-refractivity contribution in [1.82, 2.24) is 15.5 Å². The van der Waals surface area contributed by atoms with Crippen LogP contribution >= 0.6 is 24.0 Å². The van der Waals surface area contributed by atoms with E-state index in [1.165, 1.54) is 45.0 Å². The van der Waals surface area contributed by atoms with E-state index in [0.29, 0.717) is 18.9 Å². The average Bonchev–Trinajstić information content (AvgIpc) is 2.63. The Morgan fingerprint density at radius 2 is 1.92 bits per heavy atom. The summed E-state index contributed by atoms with van der Waals surface area (Å²) in [5.41, 5.74) is 0.745. The molecule has 0 saturated carbocycles. The summed E-state index contributed by atoms with van der Waals surface area (Å²) in [5.74, 6) is 1.38. The number of halogens is 2. The second-order valence-corrected chi connectivity index (χ2v) is 6.77. The molecule has 0 amide bonds. The van der Waals surface area contributed by atoms with Crippen LogP contribution in [0.4, 0.5) is 4.39 Å². The topological polar surface area (TPSA) is 39.7 Å². The summed E-state index contributed by atoms with van der Waals surface area (Å²) >= 11 is 0. The molecule has 1 aliphatic heterocycles. The molecule has 0 unspecified atom stereocenters. The number of piperidine rings is 1. The van der Waals surface area contributed by atoms with E-state index >= 15 is 0 Å². The maximum absolute atomic E-state index is 13.7. The van der Waals surface area contributed by atoms with E-state index < -0.39 is 0 Å². The molecule has 0 radical (unpaired) electrons. The standard InChI is InChI=1S/C20H33FN4.HI/c1-3-13-25-14-10-17(11-15-25)16-24-20(22-4-2)23-12-9-18-7-5-6-8-19(18)21;/h5-8,17H,3-4,9-16H2,1-2H3,(H2,22,23,24);1H. The zero-order valence-corrected chi connectivity index (χ0v) is 18.5. The molecule has 1 aliphatic rings. The second-order valence-electron chi connectivity index (χ2n) is 6.77. The van der Waals surface area contributed by atoms with Crippen molar-refractivity contribution in [3.8, 4) is 0 Å². The fourth-order valence-corrected chi connectivity index (χ4v) is 3.29. The van der Waals surface area contributed by atoms with E-state index in [9.17, 15) is 4.39 Å². The number of hydrogen-bond donors (Lipinski definition) is 2. The van der Waals surface area contributed by atoms with Crippen LogP contribution in [-0.4, -0.2) is 50.1 Å². The van der Waals surface area contributed by atoms with Crippen molar-refractivity contribution in [2.24, 2.45) is 10.9 Å². The predicted molar refractivity (Wildman–Crippen MR) is 119 cm³/mol. The van der Waals surface area contributed by atoms with Crippen LogP contribution in [0, 0.1) is 11.7 Å². The SMILES string of the molecule is CCCN1CCC(CN=C(NCC)NCCc2ccccc2F)CC1.I. The fraction of sp³-hybridized carbons (Fsp3) is 0.650. The highest BCUT2D eigenvalue weighted by Gasteiger charge is 2.18. The lowest BCUT2D eigenvalue weighted by molar-refractivity contribution is 0.188. The third-order valence-corrected chi connectivity index (χ3v) is 4.74. The molecular formula is C20H34FIN4. The molecule has 1 fully saturated rings. The van der Waals surface area contributed by atoms with E-state index in [2.05, 4.69) is 29.4 Å². The van der Waals surface area contributed by atoms with Crippen LogP contribution in [0.5, 0.6) is 0 Å². The normalized spacial score (nSPS) is 16.2. The summed E-state index contributed by atoms with van der Waals surface area (Å²) in [7, 11) is 0. The van der Waals surface area contributed by atoms with Crippen LogP contribution in [0.3, 0.4) is 0 Å². The largest absolute Gasteiger partial charge is 0.357 e. The number of nitrogens with one attached hydrogen (secondary N) is 2. The van der Waals surface area contributed by atoms with Crippen LogP contribution in [0.25, 0.3) is 0 Å². The number of aliphatic imine (C=N–C) groups is 1. The summed E-state index contributed by atoms with van der Waals surface area (Å²) in [6, 6.07) is 6.96. The van der Waals surface area contributed by atoms with E-state index in [-0.39, 0.29) is 29.8 Å². The van der Waals surface area contributed by atoms with E-state index in [1.807, 2.05) is 12.1 Å². The number of likely N-dealkylation sites (tertiary alicyclic amines) is 1. The maximum atomic E-state index is 13.7. The van der Waals surface area contributed by atoms with Crippen molar-refractivity contribution in [2.75, 3.05) is 39.3 Å². The fourth-order valence-electron chi connectivity index (χ4n) is 3.29. The van der Waals surface area contributed by atoms with Crippen molar-refractivity contribution in [1.29, 1.82) is 0 Å². The van der Waals surface area contributed by atoms with Gasteiger partial charge in [0.25, 0.3) is 0 Å². The molecule has 1 aromatic rings. The molecule has 2 N–H and O–H groups in total. The van der Waals surface area contributed by atoms with Crippen LogP contribution in [0.1, 0.15) is 38.7 Å². The molecule has 26 heavy (non-hydrogen) atoms. The van der Waals surface area contributed by atoms with Gasteiger partial charge in [-0.05, 0) is 69.8 Å². The van der Waals surface area contributed by atoms with Gasteiger partial charge >= 0.3 is 0 Å². The van der Waals surface area contributed by atoms with Crippen molar-refractivity contribution >= 4 is 29.9 Å². The Morgan fingerprint density at radius 1 is 1.19 bits per heavy atom. The molecule has 1 saturated heterocycles. The van der Waals surface area contributed by atoms with Crippen LogP contribution in [-0.2, 0) is 6.42 Å². The Bertz CT molecular complexity index is 530. The summed E-state index contributed by atoms with van der Waals surface area (Å²) < 4.78 is 13.7. The number of guanidine groups is 1. The number of nitrogens with zero attached hydrogens (tertiary/aromatic N) is 2. The minimum Gasteiger partial charge on any atom is -0.357 e. The lowest BCUT2D eigenvalue weighted by Crippen LogP contribution is -2.39. The van der Waals surface area contributed by atoms with Gasteiger partial charge in [0.05, 0.1) is 0 Å². The molecular weight excluding hydrogens is 442 g/mol. The first-order chi connectivity index (χ1) is 12.2. The quantitative estimate of drug-likeness (QED) is 0.342. The molecule has 0 aromatic heterocycles. The summed E-state index contributed by atoms with van der Waals surface area (Å²) in [4.78, 5) is 7.30. The number of rotatable bonds is 8. The second kappa shape index (κ2) is 13.3. The molecule has 0 atom stereocenters. The van der Waals surface area contributed by atoms with Crippen molar-refractivity contribution in [2.45, 2.75) is 39.5 Å². The molecule has 6 heteroatoms. The number of benzene rings is 1. The monoisotopic (exact) mass is 476 g/mol. The van der Waals surface area contributed by atoms with Crippen LogP contribution in [0.15, 0.2) is 29.3 Å². The molecule has 1 aromatic carbocycles. The Labute approximate surface area is 175 Å². The first kappa shape index (κ1) is 23.1. The molecule has 0 spiro atoms. The predicted octanol–water partition coefficient (Wildman–Crippen LogP) is 3.66. The summed E-state index contributed by atoms with van der Waals surface area (Å²) in [5, 5.41) is 6.61. The lowest BCUT2D eigenvalue weighted by atomic mass is 9.97. The van der Waals surface area contributed by atoms with Crippen LogP contribution < -0.4 is 10.6 Å². The van der Waals surface area contributed by atoms with Crippen molar-refractivity contribution in [3.63, 3.8) is 0 Å². The molecule has 148 valence electrons. The van der Waals surface area contributed by atoms with Gasteiger partial charge in [0.1, 0.15) is 5.82 Å². The minimum absolute atomic E-state index is 0. The first-order valence-electron chi connectivity index (χ1n) is 9.70. The van der Waals surface area contributed by atoms with E-state index in [1.54, 1.807) is 6.07 Å². The lowest BCUT2D eigenvalue weighted by Gasteiger charge is -2.31. The van der Waals surface area contributed by atoms with Gasteiger partial charge in [-0.1, -0.05) is 25.1 Å². The van der Waals surface area contributed by atoms with Gasteiger partial charge in [0.15, 0.2) is 5.96 Å². The first-order valence-corrected chi connectivity index (χ1v) is 9.70. The zero-order chi connectivity index (χ0) is 17.9. The van der Waals surface area contributed by atoms with Gasteiger partial charge in [0, 0.05) is 19.6 Å². The smallest absolute Gasteiger partial charge is 0.191 e. The third-order valence-electron chi connectivity index (χ3n) is 4.74. The highest BCUT2D eigenvalue weighted by Crippen LogP contribution is 2.17. The molecule has 0 bridgehead atoms. The Morgan fingerprint density at radius 3 is 2.58 bits per heavy atom. The van der Waals surface area contributed by atoms with Gasteiger partial charge in [0.2, 0.25) is 0 Å². The summed E-state index contributed by atoms with van der Waals surface area (Å²) in [6.45, 7) is 10.3. The Hall–Kier alpha value is -0.890. The van der Waals surface area contributed by atoms with E-state index in [0.717, 1.165) is 24.6 Å². The van der Waals surface area contributed by atoms with Crippen molar-refractivity contribution < 1.29 is 4.39 Å². The van der Waals surface area contributed by atoms with Gasteiger partial charge in [-0.15, -0.1) is 24.0 Å². The van der Waals surface area contributed by atoms with Gasteiger partial charge in [-0.3, -0.25) is 4.99 Å². The van der Waals surface area contributed by atoms with Gasteiger partial charge in [-0.2, -0.15) is 0 Å². The molecule has 0 aliphatic carbocycles. The minimum atomic E-state index is -0.134. The van der Waals surface area contributed by atoms with Gasteiger partial charge < -0.3 is 15.5 Å². The summed E-state index contributed by atoms with van der Waals surface area (Å²) in [6.07, 6.45) is 4.36. The molecule has 2 rings (SSSR count). The average molecular weight is 476 g/mol. The van der Waals surface area contributed by atoms with Crippen LogP contribution in [0.2, 0.25) is 0 Å². The zero-order valence-electron chi connectivity index (χ0n) is 16.1. The molecule has 4 nitrogen and oxygen atoms in total. The third kappa shape index (κ3) is 8.20.